The Labute approximate surface area is 199 Å². The Balaban J connectivity index is 1.44. The third kappa shape index (κ3) is 5.64. The van der Waals surface area contributed by atoms with Gasteiger partial charge in [-0.1, -0.05) is 43.5 Å². The van der Waals surface area contributed by atoms with E-state index in [4.69, 9.17) is 16.3 Å². The first kappa shape index (κ1) is 23.7. The second-order valence-corrected chi connectivity index (χ2v) is 9.94. The van der Waals surface area contributed by atoms with Crippen LogP contribution in [-0.4, -0.2) is 57.3 Å². The van der Waals surface area contributed by atoms with Crippen LogP contribution in [0.5, 0.6) is 0 Å². The molecule has 9 nitrogen and oxygen atoms in total. The predicted molar refractivity (Wildman–Crippen MR) is 116 cm³/mol. The molecule has 166 valence electrons. The third-order valence-electron chi connectivity index (χ3n) is 5.08. The number of carbonyl (C=O) groups is 5. The van der Waals surface area contributed by atoms with Gasteiger partial charge in [0.15, 0.2) is 6.61 Å². The minimum absolute atomic E-state index is 0.0594. The summed E-state index contributed by atoms with van der Waals surface area (Å²) in [5.41, 5.74) is 4.55. The molecule has 2 N–H and O–H groups in total. The van der Waals surface area contributed by atoms with Gasteiger partial charge < -0.3 is 4.74 Å². The molecular weight excluding hydrogens is 561 g/mol. The molecule has 3 rings (SSSR count). The molecule has 12 heteroatoms. The molecule has 0 unspecified atom stereocenters. The smallest absolute Gasteiger partial charge is 0.326 e. The second kappa shape index (κ2) is 10.1. The number of imide groups is 1. The van der Waals surface area contributed by atoms with Crippen LogP contribution in [-0.2, 0) is 23.9 Å². The van der Waals surface area contributed by atoms with Crippen molar-refractivity contribution in [2.75, 3.05) is 13.2 Å². The zero-order valence-electron chi connectivity index (χ0n) is 16.0. The van der Waals surface area contributed by atoms with E-state index in [9.17, 15) is 24.0 Å². The quantitative estimate of drug-likeness (QED) is 0.237. The highest BCUT2D eigenvalue weighted by atomic mass is 79.9. The normalized spacial score (nSPS) is 25.1. The zero-order valence-corrected chi connectivity index (χ0v) is 19.9. The average Bonchev–Trinajstić information content (AvgIpc) is 2.95. The first-order valence-electron chi connectivity index (χ1n) is 9.31. The lowest BCUT2D eigenvalue weighted by Gasteiger charge is -2.29. The van der Waals surface area contributed by atoms with E-state index >= 15 is 0 Å². The molecule has 0 spiro atoms. The Morgan fingerprint density at radius 1 is 1.00 bits per heavy atom. The van der Waals surface area contributed by atoms with E-state index in [0.717, 1.165) is 4.90 Å². The van der Waals surface area contributed by atoms with E-state index in [-0.39, 0.29) is 15.2 Å². The molecule has 1 heterocycles. The van der Waals surface area contributed by atoms with Crippen molar-refractivity contribution in [2.45, 2.75) is 22.5 Å². The average molecular weight is 580 g/mol. The maximum atomic E-state index is 12.5. The molecule has 4 atom stereocenters. The summed E-state index contributed by atoms with van der Waals surface area (Å²) in [6.07, 6.45) is 0.985. The van der Waals surface area contributed by atoms with Crippen LogP contribution >= 0.6 is 43.5 Å². The van der Waals surface area contributed by atoms with E-state index in [1.165, 1.54) is 24.3 Å². The van der Waals surface area contributed by atoms with Crippen LogP contribution in [0.1, 0.15) is 23.2 Å². The Hall–Kier alpha value is -1.98. The lowest BCUT2D eigenvalue weighted by atomic mass is 9.81. The number of carbonyl (C=O) groups excluding carboxylic acids is 5. The summed E-state index contributed by atoms with van der Waals surface area (Å²) in [7, 11) is 0. The largest absolute Gasteiger partial charge is 0.454 e. The molecule has 2 aliphatic rings. The van der Waals surface area contributed by atoms with Gasteiger partial charge in [0, 0.05) is 20.2 Å². The fraction of sp³-hybridized carbons (Fsp3) is 0.421. The molecular formula is C19H18Br2ClN3O6. The van der Waals surface area contributed by atoms with Crippen LogP contribution in [0, 0.1) is 11.8 Å². The number of hydrogen-bond acceptors (Lipinski definition) is 6. The number of likely N-dealkylation sites (tertiary alicyclic amines) is 1. The maximum absolute atomic E-state index is 12.5. The van der Waals surface area contributed by atoms with Crippen molar-refractivity contribution in [3.8, 4) is 0 Å². The van der Waals surface area contributed by atoms with E-state index in [1.54, 1.807) is 0 Å². The van der Waals surface area contributed by atoms with Crippen LogP contribution in [0.4, 0.5) is 0 Å². The fourth-order valence-electron chi connectivity index (χ4n) is 3.48. The van der Waals surface area contributed by atoms with Gasteiger partial charge in [-0.25, -0.2) is 0 Å². The third-order valence-corrected chi connectivity index (χ3v) is 8.06. The second-order valence-electron chi connectivity index (χ2n) is 7.15. The van der Waals surface area contributed by atoms with Crippen molar-refractivity contribution in [2.24, 2.45) is 11.8 Å². The lowest BCUT2D eigenvalue weighted by molar-refractivity contribution is -0.155. The number of alkyl halides is 2. The Kier molecular flexibility index (Phi) is 7.71. The number of hydrogen-bond donors (Lipinski definition) is 2. The monoisotopic (exact) mass is 577 g/mol. The van der Waals surface area contributed by atoms with Gasteiger partial charge in [-0.15, -0.1) is 0 Å². The molecule has 1 aromatic rings. The molecule has 31 heavy (non-hydrogen) atoms. The van der Waals surface area contributed by atoms with Crippen molar-refractivity contribution in [1.29, 1.82) is 0 Å². The molecule has 0 radical (unpaired) electrons. The number of hydrazine groups is 1. The van der Waals surface area contributed by atoms with Crippen LogP contribution in [0.25, 0.3) is 0 Å². The number of ether oxygens (including phenoxy) is 1. The minimum atomic E-state index is -0.898. The number of fused-ring (bicyclic) bond motifs is 1. The van der Waals surface area contributed by atoms with Crippen LogP contribution in [0.2, 0.25) is 5.02 Å². The number of nitrogens with zero attached hydrogens (tertiary/aromatic N) is 1. The Bertz CT molecular complexity index is 884. The summed E-state index contributed by atoms with van der Waals surface area (Å²) < 4.78 is 4.83. The van der Waals surface area contributed by atoms with E-state index in [0.29, 0.717) is 17.9 Å². The molecule has 0 bridgehead atoms. The van der Waals surface area contributed by atoms with Crippen molar-refractivity contribution in [3.05, 3.63) is 34.9 Å². The zero-order chi connectivity index (χ0) is 22.7. The summed E-state index contributed by atoms with van der Waals surface area (Å²) in [6, 6.07) is 5.99. The first-order chi connectivity index (χ1) is 14.7. The van der Waals surface area contributed by atoms with Crippen molar-refractivity contribution < 1.29 is 28.7 Å². The number of rotatable bonds is 5. The summed E-state index contributed by atoms with van der Waals surface area (Å²) in [4.78, 5) is 61.8. The van der Waals surface area contributed by atoms with Crippen LogP contribution < -0.4 is 10.9 Å². The van der Waals surface area contributed by atoms with Crippen molar-refractivity contribution >= 4 is 73.1 Å². The highest BCUT2D eigenvalue weighted by molar-refractivity contribution is 9.12. The fourth-order valence-corrected chi connectivity index (χ4v) is 4.84. The molecule has 4 amide bonds. The van der Waals surface area contributed by atoms with Gasteiger partial charge in [0.05, 0.1) is 11.8 Å². The predicted octanol–water partition coefficient (Wildman–Crippen LogP) is 1.57. The van der Waals surface area contributed by atoms with Crippen molar-refractivity contribution in [3.63, 3.8) is 0 Å². The number of nitrogens with one attached hydrogen (secondary N) is 2. The highest BCUT2D eigenvalue weighted by Gasteiger charge is 2.52. The molecule has 1 saturated heterocycles. The number of amides is 4. The van der Waals surface area contributed by atoms with E-state index in [1.807, 2.05) is 0 Å². The van der Waals surface area contributed by atoms with E-state index in [2.05, 4.69) is 42.7 Å². The SMILES string of the molecule is O=C(COC(=O)CN1C(=O)[C@H]2C[C@@H](Br)[C@@H](Br)C[C@H]2C1=O)NNC(=O)c1ccc(Cl)cc1. The molecule has 1 aromatic carbocycles. The van der Waals surface area contributed by atoms with Gasteiger partial charge in [0.1, 0.15) is 6.54 Å². The van der Waals surface area contributed by atoms with Crippen molar-refractivity contribution in [1.82, 2.24) is 15.8 Å². The summed E-state index contributed by atoms with van der Waals surface area (Å²) in [5, 5.41) is 0.459. The lowest BCUT2D eigenvalue weighted by Crippen LogP contribution is -2.44. The topological polar surface area (TPSA) is 122 Å². The van der Waals surface area contributed by atoms with Crippen LogP contribution in [0.3, 0.4) is 0 Å². The maximum Gasteiger partial charge on any atom is 0.326 e. The molecule has 1 saturated carbocycles. The first-order valence-corrected chi connectivity index (χ1v) is 11.5. The molecule has 2 fully saturated rings. The summed E-state index contributed by atoms with van der Waals surface area (Å²) in [6.45, 7) is -1.25. The van der Waals surface area contributed by atoms with Gasteiger partial charge in [-0.05, 0) is 37.1 Å². The number of halogens is 3. The molecule has 1 aliphatic heterocycles. The summed E-state index contributed by atoms with van der Waals surface area (Å²) >= 11 is 12.7. The molecule has 0 aromatic heterocycles. The van der Waals surface area contributed by atoms with E-state index < -0.39 is 54.6 Å². The minimum Gasteiger partial charge on any atom is -0.454 e. The van der Waals surface area contributed by atoms with Gasteiger partial charge in [0.25, 0.3) is 11.8 Å². The Morgan fingerprint density at radius 3 is 2.10 bits per heavy atom. The van der Waals surface area contributed by atoms with Gasteiger partial charge in [-0.3, -0.25) is 39.7 Å². The molecule has 1 aliphatic carbocycles. The number of benzene rings is 1. The van der Waals surface area contributed by atoms with Gasteiger partial charge in [0.2, 0.25) is 11.8 Å². The van der Waals surface area contributed by atoms with Gasteiger partial charge >= 0.3 is 5.97 Å². The standard InChI is InChI=1S/C19H18Br2ClN3O6/c20-13-5-11-12(6-14(13)21)19(30)25(18(11)29)7-16(27)31-8-15(26)23-24-17(28)9-1-3-10(22)4-2-9/h1-4,11-14H,5-8H2,(H,23,26)(H,24,28)/t11-,12+,13+,14-. The van der Waals surface area contributed by atoms with Gasteiger partial charge in [-0.2, -0.15) is 0 Å². The Morgan fingerprint density at radius 2 is 1.55 bits per heavy atom. The summed E-state index contributed by atoms with van der Waals surface area (Å²) in [5.74, 6) is -4.01. The van der Waals surface area contributed by atoms with Crippen LogP contribution in [0.15, 0.2) is 24.3 Å². The number of esters is 1. The highest BCUT2D eigenvalue weighted by Crippen LogP contribution is 2.43.